The third-order valence-electron chi connectivity index (χ3n) is 5.13. The summed E-state index contributed by atoms with van der Waals surface area (Å²) in [6.45, 7) is 3.23. The highest BCUT2D eigenvalue weighted by molar-refractivity contribution is 6.35. The first-order valence-electron chi connectivity index (χ1n) is 9.68. The monoisotopic (exact) mass is 487 g/mol. The minimum Gasteiger partial charge on any atom is -0.335 e. The molecule has 0 aromatic heterocycles. The summed E-state index contributed by atoms with van der Waals surface area (Å²) in [5.41, 5.74) is -3.08. The Morgan fingerprint density at radius 2 is 1.53 bits per heavy atom. The summed E-state index contributed by atoms with van der Waals surface area (Å²) in [4.78, 5) is 25.8. The van der Waals surface area contributed by atoms with Crippen LogP contribution >= 0.6 is 23.2 Å². The molecule has 0 N–H and O–H groups in total. The molecule has 2 aromatic carbocycles. The van der Waals surface area contributed by atoms with E-state index in [9.17, 15) is 22.8 Å². The molecule has 0 unspecified atom stereocenters. The lowest BCUT2D eigenvalue weighted by Crippen LogP contribution is -2.59. The Balaban J connectivity index is 1.83. The summed E-state index contributed by atoms with van der Waals surface area (Å²) in [5, 5.41) is -0.00336. The minimum absolute atomic E-state index is 0.00168. The number of rotatable bonds is 5. The molecule has 2 aromatic rings. The molecule has 170 valence electrons. The van der Waals surface area contributed by atoms with Gasteiger partial charge in [0, 0.05) is 21.5 Å². The quantitative estimate of drug-likeness (QED) is 0.274. The maximum atomic E-state index is 15.0. The zero-order valence-corrected chi connectivity index (χ0v) is 18.7. The summed E-state index contributed by atoms with van der Waals surface area (Å²) < 4.78 is 55.8. The number of likely N-dealkylation sites (tertiary alicyclic amines) is 1. The van der Waals surface area contributed by atoms with Crippen LogP contribution in [0, 0.1) is 5.92 Å². The van der Waals surface area contributed by atoms with E-state index in [0.29, 0.717) is 6.08 Å². The molecular weight excluding hydrogens is 469 g/mol. The molecule has 0 saturated carbocycles. The third-order valence-corrected chi connectivity index (χ3v) is 5.57. The van der Waals surface area contributed by atoms with E-state index in [-0.39, 0.29) is 51.7 Å². The molecule has 1 fully saturated rings. The number of benzene rings is 2. The average molecular weight is 488 g/mol. The summed E-state index contributed by atoms with van der Waals surface area (Å²) in [5.74, 6) is -1.31. The van der Waals surface area contributed by atoms with E-state index in [1.807, 2.05) is 0 Å². The fourth-order valence-corrected chi connectivity index (χ4v) is 3.97. The summed E-state index contributed by atoms with van der Waals surface area (Å²) >= 11 is 11.6. The van der Waals surface area contributed by atoms with Crippen LogP contribution < -0.4 is 0 Å². The van der Waals surface area contributed by atoms with Gasteiger partial charge in [0.15, 0.2) is 11.5 Å². The predicted octanol–water partition coefficient (Wildman–Crippen LogP) is 6.49. The van der Waals surface area contributed by atoms with Gasteiger partial charge in [-0.1, -0.05) is 61.3 Å². The van der Waals surface area contributed by atoms with Gasteiger partial charge in [0.25, 0.3) is 0 Å². The van der Waals surface area contributed by atoms with Crippen LogP contribution in [0.1, 0.15) is 35.3 Å². The van der Waals surface area contributed by atoms with Gasteiger partial charge in [-0.2, -0.15) is 13.2 Å². The molecule has 0 bridgehead atoms. The number of hydrogen-bond acceptors (Lipinski definition) is 2. The minimum atomic E-state index is -4.83. The number of halogens is 6. The van der Waals surface area contributed by atoms with Crippen LogP contribution in [-0.4, -0.2) is 35.9 Å². The van der Waals surface area contributed by atoms with Crippen LogP contribution in [0.15, 0.2) is 48.5 Å². The first-order valence-corrected chi connectivity index (χ1v) is 10.4. The smallest absolute Gasteiger partial charge is 0.335 e. The third kappa shape index (κ3) is 5.15. The second-order valence-corrected chi connectivity index (χ2v) is 8.84. The van der Waals surface area contributed by atoms with Gasteiger partial charge < -0.3 is 4.90 Å². The lowest BCUT2D eigenvalue weighted by atomic mass is 9.86. The highest BCUT2D eigenvalue weighted by atomic mass is 35.5. The Kier molecular flexibility index (Phi) is 6.72. The Bertz CT molecular complexity index is 1050. The highest BCUT2D eigenvalue weighted by Gasteiger charge is 2.47. The molecule has 1 saturated heterocycles. The van der Waals surface area contributed by atoms with Crippen LogP contribution in [0.4, 0.5) is 17.6 Å². The Labute approximate surface area is 192 Å². The molecule has 9 heteroatoms. The predicted molar refractivity (Wildman–Crippen MR) is 115 cm³/mol. The fourth-order valence-electron chi connectivity index (χ4n) is 3.45. The number of carbonyl (C=O) groups is 2. The Hall–Kier alpha value is -2.38. The van der Waals surface area contributed by atoms with Crippen LogP contribution in [0.25, 0.3) is 5.57 Å². The fraction of sp³-hybridized carbons (Fsp3) is 0.304. The molecule has 0 spiro atoms. The van der Waals surface area contributed by atoms with E-state index in [0.717, 1.165) is 12.1 Å². The summed E-state index contributed by atoms with van der Waals surface area (Å²) in [7, 11) is 0. The van der Waals surface area contributed by atoms with Crippen molar-refractivity contribution in [3.8, 4) is 0 Å². The zero-order chi connectivity index (χ0) is 23.8. The van der Waals surface area contributed by atoms with Crippen molar-refractivity contribution in [3.63, 3.8) is 0 Å². The van der Waals surface area contributed by atoms with E-state index in [1.54, 1.807) is 13.8 Å². The summed E-state index contributed by atoms with van der Waals surface area (Å²) in [6.07, 6.45) is -4.36. The van der Waals surface area contributed by atoms with Crippen LogP contribution in [0.3, 0.4) is 0 Å². The first-order chi connectivity index (χ1) is 14.8. The SMILES string of the molecule is CC(C)C(=O)N1CC(F)(c2ccc(C(=O)/C=C(/c3cc(Cl)cc(Cl)c3)C(F)(F)F)cc2)C1. The maximum absolute atomic E-state index is 15.0. The number of hydrogen-bond donors (Lipinski definition) is 0. The molecule has 1 heterocycles. The van der Waals surface area contributed by atoms with Gasteiger partial charge in [0.2, 0.25) is 5.91 Å². The zero-order valence-electron chi connectivity index (χ0n) is 17.1. The number of allylic oxidation sites excluding steroid dienone is 2. The Morgan fingerprint density at radius 1 is 1.00 bits per heavy atom. The molecule has 0 atom stereocenters. The largest absolute Gasteiger partial charge is 0.417 e. The van der Waals surface area contributed by atoms with Crippen molar-refractivity contribution in [2.75, 3.05) is 13.1 Å². The number of nitrogens with zero attached hydrogens (tertiary/aromatic N) is 1. The van der Waals surface area contributed by atoms with Gasteiger partial charge in [-0.05, 0) is 35.4 Å². The highest BCUT2D eigenvalue weighted by Crippen LogP contribution is 2.38. The topological polar surface area (TPSA) is 37.4 Å². The van der Waals surface area contributed by atoms with Gasteiger partial charge in [-0.25, -0.2) is 4.39 Å². The average Bonchev–Trinajstić information content (AvgIpc) is 2.67. The lowest BCUT2D eigenvalue weighted by molar-refractivity contribution is -0.149. The number of alkyl halides is 4. The second-order valence-electron chi connectivity index (χ2n) is 7.97. The Morgan fingerprint density at radius 3 is 2.00 bits per heavy atom. The number of ketones is 1. The van der Waals surface area contributed by atoms with Gasteiger partial charge in [-0.3, -0.25) is 9.59 Å². The van der Waals surface area contributed by atoms with E-state index < -0.39 is 23.2 Å². The number of amides is 1. The molecule has 1 aliphatic heterocycles. The molecule has 0 radical (unpaired) electrons. The summed E-state index contributed by atoms with van der Waals surface area (Å²) in [6, 6.07) is 8.64. The normalized spacial score (nSPS) is 16.2. The molecule has 32 heavy (non-hydrogen) atoms. The molecule has 3 nitrogen and oxygen atoms in total. The van der Waals surface area contributed by atoms with Crippen molar-refractivity contribution in [1.82, 2.24) is 4.90 Å². The maximum Gasteiger partial charge on any atom is 0.417 e. The molecule has 0 aliphatic carbocycles. The van der Waals surface area contributed by atoms with Crippen molar-refractivity contribution < 1.29 is 27.2 Å². The van der Waals surface area contributed by atoms with Crippen LogP contribution in [-0.2, 0) is 10.5 Å². The van der Waals surface area contributed by atoms with Crippen molar-refractivity contribution in [2.45, 2.75) is 25.7 Å². The molecule has 1 amide bonds. The van der Waals surface area contributed by atoms with Gasteiger partial charge in [0.1, 0.15) is 0 Å². The van der Waals surface area contributed by atoms with E-state index >= 15 is 4.39 Å². The van der Waals surface area contributed by atoms with Crippen LogP contribution in [0.2, 0.25) is 10.0 Å². The van der Waals surface area contributed by atoms with E-state index in [2.05, 4.69) is 0 Å². The van der Waals surface area contributed by atoms with Crippen molar-refractivity contribution in [1.29, 1.82) is 0 Å². The van der Waals surface area contributed by atoms with Crippen molar-refractivity contribution in [2.24, 2.45) is 5.92 Å². The lowest BCUT2D eigenvalue weighted by Gasteiger charge is -2.45. The molecular formula is C23H19Cl2F4NO2. The van der Waals surface area contributed by atoms with Crippen molar-refractivity contribution >= 4 is 40.5 Å². The van der Waals surface area contributed by atoms with E-state index in [1.165, 1.54) is 35.2 Å². The van der Waals surface area contributed by atoms with Crippen molar-refractivity contribution in [3.05, 3.63) is 75.3 Å². The second kappa shape index (κ2) is 8.87. The molecule has 3 rings (SSSR count). The van der Waals surface area contributed by atoms with Gasteiger partial charge >= 0.3 is 6.18 Å². The van der Waals surface area contributed by atoms with Crippen LogP contribution in [0.5, 0.6) is 0 Å². The standard InChI is InChI=1S/C23H19Cl2F4NO2/c1-13(2)21(32)30-11-22(26,12-30)16-5-3-14(4-6-16)20(31)10-19(23(27,28)29)15-7-17(24)9-18(25)8-15/h3-10,13H,11-12H2,1-2H3/b19-10-. The van der Waals surface area contributed by atoms with Gasteiger partial charge in [0.05, 0.1) is 18.7 Å². The van der Waals surface area contributed by atoms with E-state index in [4.69, 9.17) is 23.2 Å². The van der Waals surface area contributed by atoms with Gasteiger partial charge in [-0.15, -0.1) is 0 Å². The first kappa shape index (κ1) is 24.3. The molecule has 1 aliphatic rings. The number of carbonyl (C=O) groups excluding carboxylic acids is 2.